The smallest absolute Gasteiger partial charge is 0.262 e. The SMILES string of the molecule is CC(C)C[C@@H](NC(=O)[C@@H](C)Oc1ccc(Cl)cc1Cl)C(=O)N/N=C\c1c(OCc2ccc(Cl)cc2)ccc2ccccc12. The molecule has 0 saturated carbocycles. The third-order valence-electron chi connectivity index (χ3n) is 6.51. The molecule has 2 atom stereocenters. The van der Waals surface area contributed by atoms with Crippen molar-refractivity contribution in [3.8, 4) is 11.5 Å². The molecular formula is C33H32Cl3N3O4. The number of fused-ring (bicyclic) bond motifs is 1. The minimum atomic E-state index is -0.916. The van der Waals surface area contributed by atoms with Crippen LogP contribution in [0.2, 0.25) is 15.1 Å². The molecule has 0 fully saturated rings. The van der Waals surface area contributed by atoms with E-state index in [4.69, 9.17) is 44.3 Å². The molecule has 0 aliphatic heterocycles. The summed E-state index contributed by atoms with van der Waals surface area (Å²) >= 11 is 18.1. The number of carbonyl (C=O) groups excluding carboxylic acids is 2. The third-order valence-corrected chi connectivity index (χ3v) is 7.30. The van der Waals surface area contributed by atoms with Crippen LogP contribution in [0.1, 0.15) is 38.3 Å². The van der Waals surface area contributed by atoms with Crippen LogP contribution in [0.15, 0.2) is 84.0 Å². The van der Waals surface area contributed by atoms with Crippen molar-refractivity contribution >= 4 is 63.6 Å². The molecule has 0 radical (unpaired) electrons. The zero-order valence-corrected chi connectivity index (χ0v) is 26.2. The molecule has 0 saturated heterocycles. The van der Waals surface area contributed by atoms with Gasteiger partial charge in [0.1, 0.15) is 24.1 Å². The Morgan fingerprint density at radius 2 is 1.56 bits per heavy atom. The summed E-state index contributed by atoms with van der Waals surface area (Å²) in [7, 11) is 0. The van der Waals surface area contributed by atoms with Crippen molar-refractivity contribution in [2.24, 2.45) is 11.0 Å². The normalized spacial score (nSPS) is 12.7. The Bertz CT molecular complexity index is 1610. The molecule has 2 amide bonds. The van der Waals surface area contributed by atoms with E-state index >= 15 is 0 Å². The van der Waals surface area contributed by atoms with Crippen molar-refractivity contribution in [3.63, 3.8) is 0 Å². The van der Waals surface area contributed by atoms with Crippen LogP contribution in [0.4, 0.5) is 0 Å². The van der Waals surface area contributed by atoms with Crippen LogP contribution in [0, 0.1) is 5.92 Å². The van der Waals surface area contributed by atoms with E-state index in [-0.39, 0.29) is 10.9 Å². The highest BCUT2D eigenvalue weighted by molar-refractivity contribution is 6.35. The lowest BCUT2D eigenvalue weighted by Gasteiger charge is -2.22. The maximum atomic E-state index is 13.2. The Labute approximate surface area is 266 Å². The average Bonchev–Trinajstić information content (AvgIpc) is 2.98. The number of amides is 2. The molecular weight excluding hydrogens is 609 g/mol. The van der Waals surface area contributed by atoms with Gasteiger partial charge in [-0.1, -0.05) is 91.1 Å². The molecule has 4 rings (SSSR count). The van der Waals surface area contributed by atoms with Crippen LogP contribution in [0.3, 0.4) is 0 Å². The molecule has 10 heteroatoms. The van der Waals surface area contributed by atoms with Gasteiger partial charge >= 0.3 is 0 Å². The third kappa shape index (κ3) is 9.10. The highest BCUT2D eigenvalue weighted by Gasteiger charge is 2.25. The summed E-state index contributed by atoms with van der Waals surface area (Å²) in [6.45, 7) is 5.83. The largest absolute Gasteiger partial charge is 0.488 e. The molecule has 224 valence electrons. The molecule has 0 aliphatic carbocycles. The molecule has 7 nitrogen and oxygen atoms in total. The van der Waals surface area contributed by atoms with E-state index in [0.29, 0.717) is 40.1 Å². The number of nitrogens with one attached hydrogen (secondary N) is 2. The first-order valence-electron chi connectivity index (χ1n) is 13.7. The van der Waals surface area contributed by atoms with Gasteiger partial charge in [-0.2, -0.15) is 5.10 Å². The van der Waals surface area contributed by atoms with E-state index in [9.17, 15) is 9.59 Å². The van der Waals surface area contributed by atoms with Gasteiger partial charge in [0.05, 0.1) is 11.2 Å². The topological polar surface area (TPSA) is 89.0 Å². The number of carbonyl (C=O) groups is 2. The van der Waals surface area contributed by atoms with E-state index in [0.717, 1.165) is 16.3 Å². The lowest BCUT2D eigenvalue weighted by Crippen LogP contribution is -2.49. The Kier molecular flexibility index (Phi) is 11.3. The monoisotopic (exact) mass is 639 g/mol. The van der Waals surface area contributed by atoms with Crippen LogP contribution in [0.25, 0.3) is 10.8 Å². The Balaban J connectivity index is 1.47. The van der Waals surface area contributed by atoms with Crippen molar-refractivity contribution in [1.29, 1.82) is 0 Å². The molecule has 4 aromatic rings. The molecule has 0 heterocycles. The maximum absolute atomic E-state index is 13.2. The zero-order chi connectivity index (χ0) is 30.9. The van der Waals surface area contributed by atoms with Crippen LogP contribution in [-0.4, -0.2) is 30.2 Å². The molecule has 0 unspecified atom stereocenters. The van der Waals surface area contributed by atoms with Crippen LogP contribution >= 0.6 is 34.8 Å². The zero-order valence-electron chi connectivity index (χ0n) is 23.9. The van der Waals surface area contributed by atoms with E-state index in [1.165, 1.54) is 6.07 Å². The summed E-state index contributed by atoms with van der Waals surface area (Å²) in [5.74, 6) is 0.104. The van der Waals surface area contributed by atoms with Crippen LogP contribution < -0.4 is 20.2 Å². The van der Waals surface area contributed by atoms with Gasteiger partial charge in [0.2, 0.25) is 0 Å². The number of ether oxygens (including phenoxy) is 2. The van der Waals surface area contributed by atoms with Crippen molar-refractivity contribution in [2.45, 2.75) is 45.9 Å². The number of halogens is 3. The van der Waals surface area contributed by atoms with Gasteiger partial charge in [-0.15, -0.1) is 0 Å². The first kappa shape index (κ1) is 32.1. The van der Waals surface area contributed by atoms with Gasteiger partial charge in [-0.25, -0.2) is 5.43 Å². The highest BCUT2D eigenvalue weighted by atomic mass is 35.5. The fraction of sp³-hybridized carbons (Fsp3) is 0.242. The van der Waals surface area contributed by atoms with E-state index in [2.05, 4.69) is 15.8 Å². The maximum Gasteiger partial charge on any atom is 0.262 e. The van der Waals surface area contributed by atoms with Gasteiger partial charge in [-0.05, 0) is 72.0 Å². The van der Waals surface area contributed by atoms with Crippen molar-refractivity contribution in [1.82, 2.24) is 10.7 Å². The number of hydrogen-bond acceptors (Lipinski definition) is 5. The van der Waals surface area contributed by atoms with E-state index < -0.39 is 24.0 Å². The molecule has 4 aromatic carbocycles. The number of rotatable bonds is 12. The fourth-order valence-corrected chi connectivity index (χ4v) is 4.90. The summed E-state index contributed by atoms with van der Waals surface area (Å²) in [5, 5.41) is 10.3. The molecule has 0 spiro atoms. The van der Waals surface area contributed by atoms with Gasteiger partial charge in [-0.3, -0.25) is 9.59 Å². The second-order valence-electron chi connectivity index (χ2n) is 10.4. The Morgan fingerprint density at radius 3 is 2.28 bits per heavy atom. The predicted octanol–water partition coefficient (Wildman–Crippen LogP) is 7.83. The minimum absolute atomic E-state index is 0.118. The summed E-state index contributed by atoms with van der Waals surface area (Å²) in [6.07, 6.45) is 1.03. The highest BCUT2D eigenvalue weighted by Crippen LogP contribution is 2.29. The van der Waals surface area contributed by atoms with Gasteiger partial charge in [0.25, 0.3) is 11.8 Å². The van der Waals surface area contributed by atoms with Crippen molar-refractivity contribution < 1.29 is 19.1 Å². The quantitative estimate of drug-likeness (QED) is 0.122. The molecule has 0 aromatic heterocycles. The Morgan fingerprint density at radius 1 is 0.860 bits per heavy atom. The number of benzene rings is 4. The number of hydrogen-bond donors (Lipinski definition) is 2. The number of nitrogens with zero attached hydrogens (tertiary/aromatic N) is 1. The lowest BCUT2D eigenvalue weighted by atomic mass is 10.0. The second kappa shape index (κ2) is 15.1. The lowest BCUT2D eigenvalue weighted by molar-refractivity contribution is -0.132. The first-order chi connectivity index (χ1) is 20.6. The molecule has 2 N–H and O–H groups in total. The van der Waals surface area contributed by atoms with Crippen molar-refractivity contribution in [3.05, 3.63) is 105 Å². The van der Waals surface area contributed by atoms with Crippen molar-refractivity contribution in [2.75, 3.05) is 0 Å². The van der Waals surface area contributed by atoms with Crippen LogP contribution in [-0.2, 0) is 16.2 Å². The summed E-state index contributed by atoms with van der Waals surface area (Å²) in [5.41, 5.74) is 4.25. The van der Waals surface area contributed by atoms with Gasteiger partial charge < -0.3 is 14.8 Å². The summed E-state index contributed by atoms with van der Waals surface area (Å²) in [4.78, 5) is 26.2. The first-order valence-corrected chi connectivity index (χ1v) is 14.9. The Hall–Kier alpha value is -3.78. The molecule has 43 heavy (non-hydrogen) atoms. The standard InChI is InChI=1S/C33H32Cl3N3O4/c1-20(2)16-29(38-32(40)21(3)43-31-15-13-25(35)17-28(31)36)33(41)39-37-18-27-26-7-5-4-6-23(26)10-14-30(27)42-19-22-8-11-24(34)12-9-22/h4-15,17-18,20-21,29H,16,19H2,1-3H3,(H,38,40)(H,39,41)/b37-18-/t21-,29-/m1/s1. The van der Waals surface area contributed by atoms with Gasteiger partial charge in [0.15, 0.2) is 6.10 Å². The fourth-order valence-electron chi connectivity index (χ4n) is 4.32. The average molecular weight is 641 g/mol. The summed E-state index contributed by atoms with van der Waals surface area (Å²) in [6, 6.07) is 23.0. The van der Waals surface area contributed by atoms with E-state index in [1.807, 2.05) is 74.5 Å². The van der Waals surface area contributed by atoms with Gasteiger partial charge in [0, 0.05) is 15.6 Å². The predicted molar refractivity (Wildman–Crippen MR) is 173 cm³/mol. The molecule has 0 aliphatic rings. The van der Waals surface area contributed by atoms with Crippen LogP contribution in [0.5, 0.6) is 11.5 Å². The minimum Gasteiger partial charge on any atom is -0.488 e. The number of hydrazone groups is 1. The molecule has 0 bridgehead atoms. The second-order valence-corrected chi connectivity index (χ2v) is 11.7. The van der Waals surface area contributed by atoms with E-state index in [1.54, 1.807) is 25.3 Å². The summed E-state index contributed by atoms with van der Waals surface area (Å²) < 4.78 is 11.9.